The number of pyridine rings is 1. The van der Waals surface area contributed by atoms with Crippen LogP contribution in [0.15, 0.2) is 16.7 Å². The van der Waals surface area contributed by atoms with Crippen molar-refractivity contribution in [3.8, 4) is 0 Å². The van der Waals surface area contributed by atoms with Gasteiger partial charge in [0, 0.05) is 13.1 Å². The molecule has 1 aromatic heterocycles. The van der Waals surface area contributed by atoms with E-state index in [1.165, 1.54) is 25.9 Å². The van der Waals surface area contributed by atoms with Gasteiger partial charge in [0.05, 0.1) is 16.4 Å². The van der Waals surface area contributed by atoms with E-state index in [2.05, 4.69) is 38.1 Å². The first-order valence-corrected chi connectivity index (χ1v) is 7.31. The van der Waals surface area contributed by atoms with Crippen LogP contribution in [-0.4, -0.2) is 36.1 Å². The smallest absolute Gasteiger partial charge is 0.140 e. The van der Waals surface area contributed by atoms with Gasteiger partial charge in [-0.3, -0.25) is 0 Å². The lowest BCUT2D eigenvalue weighted by molar-refractivity contribution is 0.199. The lowest BCUT2D eigenvalue weighted by Crippen LogP contribution is -2.36. The molecule has 1 aliphatic rings. The molecule has 0 bridgehead atoms. The van der Waals surface area contributed by atoms with Crippen molar-refractivity contribution in [3.63, 3.8) is 0 Å². The maximum Gasteiger partial charge on any atom is 0.140 e. The van der Waals surface area contributed by atoms with Crippen molar-refractivity contribution in [2.75, 3.05) is 37.2 Å². The van der Waals surface area contributed by atoms with Gasteiger partial charge in [-0.05, 0) is 53.8 Å². The van der Waals surface area contributed by atoms with E-state index in [4.69, 9.17) is 5.73 Å². The Hall–Kier alpha value is -0.810. The first-order chi connectivity index (χ1) is 8.65. The Morgan fingerprint density at radius 2 is 2.22 bits per heavy atom. The molecule has 3 N–H and O–H groups in total. The van der Waals surface area contributed by atoms with Crippen LogP contribution >= 0.6 is 15.9 Å². The van der Waals surface area contributed by atoms with E-state index in [-0.39, 0.29) is 0 Å². The Morgan fingerprint density at radius 1 is 1.50 bits per heavy atom. The van der Waals surface area contributed by atoms with Gasteiger partial charge in [-0.25, -0.2) is 4.98 Å². The zero-order valence-corrected chi connectivity index (χ0v) is 12.4. The molecule has 0 spiro atoms. The van der Waals surface area contributed by atoms with E-state index in [1.807, 2.05) is 6.07 Å². The van der Waals surface area contributed by atoms with E-state index >= 15 is 0 Å². The highest BCUT2D eigenvalue weighted by molar-refractivity contribution is 9.10. The molecule has 0 aromatic carbocycles. The highest BCUT2D eigenvalue weighted by Gasteiger charge is 2.14. The minimum atomic E-state index is 0.678. The molecule has 1 saturated heterocycles. The minimum absolute atomic E-state index is 0.678. The third-order valence-electron chi connectivity index (χ3n) is 3.46. The third kappa shape index (κ3) is 3.85. The van der Waals surface area contributed by atoms with Crippen LogP contribution in [0.3, 0.4) is 0 Å². The van der Waals surface area contributed by atoms with Gasteiger partial charge in [-0.1, -0.05) is 6.92 Å². The van der Waals surface area contributed by atoms with Crippen LogP contribution in [0.25, 0.3) is 0 Å². The van der Waals surface area contributed by atoms with Crippen LogP contribution in [0.5, 0.6) is 0 Å². The molecule has 0 amide bonds. The fourth-order valence-electron chi connectivity index (χ4n) is 2.20. The normalized spacial score (nSPS) is 17.9. The summed E-state index contributed by atoms with van der Waals surface area (Å²) in [6.45, 7) is 6.78. The number of rotatable bonds is 4. The van der Waals surface area contributed by atoms with E-state index in [9.17, 15) is 0 Å². The molecule has 18 heavy (non-hydrogen) atoms. The van der Waals surface area contributed by atoms with Crippen molar-refractivity contribution in [1.29, 1.82) is 0 Å². The fourth-order valence-corrected chi connectivity index (χ4v) is 2.71. The molecule has 0 radical (unpaired) electrons. The topological polar surface area (TPSA) is 54.2 Å². The average molecular weight is 313 g/mol. The van der Waals surface area contributed by atoms with Crippen molar-refractivity contribution >= 4 is 27.4 Å². The Balaban J connectivity index is 1.75. The number of nitrogen functional groups attached to an aromatic ring is 1. The summed E-state index contributed by atoms with van der Waals surface area (Å²) in [5.41, 5.74) is 6.34. The Labute approximate surface area is 117 Å². The Morgan fingerprint density at radius 3 is 2.89 bits per heavy atom. The average Bonchev–Trinajstić information content (AvgIpc) is 2.34. The molecule has 2 rings (SSSR count). The standard InChI is InChI=1S/C13H21BrN4/c1-10-2-5-18(6-3-10)7-4-16-13-12(14)8-11(15)9-17-13/h8-10H,2-7,15H2,1H3,(H,16,17). The largest absolute Gasteiger partial charge is 0.397 e. The maximum absolute atomic E-state index is 5.66. The van der Waals surface area contributed by atoms with Crippen molar-refractivity contribution < 1.29 is 0 Å². The molecule has 5 heteroatoms. The van der Waals surface area contributed by atoms with Gasteiger partial charge >= 0.3 is 0 Å². The SMILES string of the molecule is CC1CCN(CCNc2ncc(N)cc2Br)CC1. The Bertz CT molecular complexity index is 389. The van der Waals surface area contributed by atoms with E-state index in [1.54, 1.807) is 6.20 Å². The van der Waals surface area contributed by atoms with Crippen LogP contribution in [0.2, 0.25) is 0 Å². The van der Waals surface area contributed by atoms with Gasteiger partial charge in [0.15, 0.2) is 0 Å². The predicted octanol–water partition coefficient (Wildman–Crippen LogP) is 2.57. The number of likely N-dealkylation sites (tertiary alicyclic amines) is 1. The first-order valence-electron chi connectivity index (χ1n) is 6.52. The number of aromatic nitrogens is 1. The van der Waals surface area contributed by atoms with Gasteiger partial charge in [-0.15, -0.1) is 0 Å². The number of halogens is 1. The summed E-state index contributed by atoms with van der Waals surface area (Å²) in [6, 6.07) is 1.87. The summed E-state index contributed by atoms with van der Waals surface area (Å²) in [7, 11) is 0. The monoisotopic (exact) mass is 312 g/mol. The predicted molar refractivity (Wildman–Crippen MR) is 79.7 cm³/mol. The molecule has 100 valence electrons. The van der Waals surface area contributed by atoms with Crippen LogP contribution in [0.4, 0.5) is 11.5 Å². The lowest BCUT2D eigenvalue weighted by atomic mass is 9.99. The molecule has 0 atom stereocenters. The fraction of sp³-hybridized carbons (Fsp3) is 0.615. The van der Waals surface area contributed by atoms with Crippen LogP contribution in [-0.2, 0) is 0 Å². The van der Waals surface area contributed by atoms with Gasteiger partial charge in [-0.2, -0.15) is 0 Å². The number of nitrogens with two attached hydrogens (primary N) is 1. The lowest BCUT2D eigenvalue weighted by Gasteiger charge is -2.30. The number of nitrogens with zero attached hydrogens (tertiary/aromatic N) is 2. The second-order valence-electron chi connectivity index (χ2n) is 5.05. The molecule has 1 aromatic rings. The molecular formula is C13H21BrN4. The number of anilines is 2. The second-order valence-corrected chi connectivity index (χ2v) is 5.90. The summed E-state index contributed by atoms with van der Waals surface area (Å²) < 4.78 is 0.926. The van der Waals surface area contributed by atoms with Gasteiger partial charge < -0.3 is 16.0 Å². The number of hydrogen-bond acceptors (Lipinski definition) is 4. The van der Waals surface area contributed by atoms with Gasteiger partial charge in [0.1, 0.15) is 5.82 Å². The summed E-state index contributed by atoms with van der Waals surface area (Å²) in [6.07, 6.45) is 4.32. The Kier molecular flexibility index (Phi) is 4.83. The van der Waals surface area contributed by atoms with E-state index in [0.717, 1.165) is 29.3 Å². The van der Waals surface area contributed by atoms with Crippen LogP contribution < -0.4 is 11.1 Å². The highest BCUT2D eigenvalue weighted by Crippen LogP contribution is 2.21. The first kappa shape index (κ1) is 13.6. The summed E-state index contributed by atoms with van der Waals surface area (Å²) >= 11 is 3.46. The van der Waals surface area contributed by atoms with Crippen molar-refractivity contribution in [1.82, 2.24) is 9.88 Å². The van der Waals surface area contributed by atoms with Gasteiger partial charge in [0.2, 0.25) is 0 Å². The third-order valence-corrected chi connectivity index (χ3v) is 4.06. The summed E-state index contributed by atoms with van der Waals surface area (Å²) in [4.78, 5) is 6.78. The maximum atomic E-state index is 5.66. The van der Waals surface area contributed by atoms with Crippen molar-refractivity contribution in [2.45, 2.75) is 19.8 Å². The quantitative estimate of drug-likeness (QED) is 0.897. The minimum Gasteiger partial charge on any atom is -0.397 e. The van der Waals surface area contributed by atoms with Crippen LogP contribution in [0, 0.1) is 5.92 Å². The van der Waals surface area contributed by atoms with Crippen molar-refractivity contribution in [2.24, 2.45) is 5.92 Å². The van der Waals surface area contributed by atoms with Gasteiger partial charge in [0.25, 0.3) is 0 Å². The zero-order valence-electron chi connectivity index (χ0n) is 10.8. The highest BCUT2D eigenvalue weighted by atomic mass is 79.9. The molecule has 1 aliphatic heterocycles. The number of piperidine rings is 1. The van der Waals surface area contributed by atoms with E-state index < -0.39 is 0 Å². The molecular weight excluding hydrogens is 292 g/mol. The molecule has 2 heterocycles. The summed E-state index contributed by atoms with van der Waals surface area (Å²) in [5.74, 6) is 1.76. The number of nitrogens with one attached hydrogen (secondary N) is 1. The molecule has 0 aliphatic carbocycles. The molecule has 0 unspecified atom stereocenters. The molecule has 0 saturated carbocycles. The number of hydrogen-bond donors (Lipinski definition) is 2. The molecule has 1 fully saturated rings. The molecule has 4 nitrogen and oxygen atoms in total. The summed E-state index contributed by atoms with van der Waals surface area (Å²) in [5, 5.41) is 3.34. The van der Waals surface area contributed by atoms with E-state index in [0.29, 0.717) is 5.69 Å². The zero-order chi connectivity index (χ0) is 13.0. The van der Waals surface area contributed by atoms with Crippen molar-refractivity contribution in [3.05, 3.63) is 16.7 Å². The second kappa shape index (κ2) is 6.38. The van der Waals surface area contributed by atoms with Crippen LogP contribution in [0.1, 0.15) is 19.8 Å².